The van der Waals surface area contributed by atoms with Crippen LogP contribution in [0.3, 0.4) is 0 Å². The molecule has 0 saturated heterocycles. The molecule has 1 nitrogen and oxygen atoms in total. The van der Waals surface area contributed by atoms with E-state index >= 15 is 0 Å². The third-order valence-electron chi connectivity index (χ3n) is 3.19. The quantitative estimate of drug-likeness (QED) is 0.734. The average molecular weight is 279 g/mol. The van der Waals surface area contributed by atoms with Gasteiger partial charge in [0, 0.05) is 11.6 Å². The second kappa shape index (κ2) is 5.62. The number of hydrogen-bond donors (Lipinski definition) is 0. The second-order valence-corrected chi connectivity index (χ2v) is 5.05. The van der Waals surface area contributed by atoms with E-state index in [1.807, 2.05) is 32.0 Å². The summed E-state index contributed by atoms with van der Waals surface area (Å²) in [6.45, 7) is 3.97. The molecular weight excluding hydrogens is 263 g/mol. The van der Waals surface area contributed by atoms with Crippen molar-refractivity contribution >= 4 is 11.6 Å². The van der Waals surface area contributed by atoms with Gasteiger partial charge in [-0.1, -0.05) is 29.8 Å². The number of benzene rings is 2. The van der Waals surface area contributed by atoms with Crippen LogP contribution in [0.5, 0.6) is 5.75 Å². The van der Waals surface area contributed by atoms with Crippen LogP contribution in [0.15, 0.2) is 36.4 Å². The first kappa shape index (κ1) is 13.9. The number of halogens is 2. The van der Waals surface area contributed by atoms with E-state index in [0.29, 0.717) is 11.3 Å². The first-order valence-electron chi connectivity index (χ1n) is 6.07. The average Bonchev–Trinajstić information content (AvgIpc) is 2.40. The molecule has 2 aromatic rings. The molecule has 0 aliphatic carbocycles. The molecule has 0 aliphatic heterocycles. The Hall–Kier alpha value is -1.54. The van der Waals surface area contributed by atoms with Crippen LogP contribution in [0.4, 0.5) is 4.39 Å². The van der Waals surface area contributed by atoms with Gasteiger partial charge >= 0.3 is 0 Å². The second-order valence-electron chi connectivity index (χ2n) is 4.61. The molecule has 0 radical (unpaired) electrons. The lowest BCUT2D eigenvalue weighted by molar-refractivity contribution is 0.410. The summed E-state index contributed by atoms with van der Waals surface area (Å²) >= 11 is 6.43. The number of aryl methyl sites for hydroxylation is 2. The molecule has 1 atom stereocenters. The molecule has 100 valence electrons. The highest BCUT2D eigenvalue weighted by Crippen LogP contribution is 2.34. The molecule has 3 heteroatoms. The van der Waals surface area contributed by atoms with Crippen molar-refractivity contribution in [3.8, 4) is 5.75 Å². The Kier molecular flexibility index (Phi) is 4.11. The number of alkyl halides is 1. The highest BCUT2D eigenvalue weighted by atomic mass is 35.5. The van der Waals surface area contributed by atoms with E-state index in [9.17, 15) is 4.39 Å². The van der Waals surface area contributed by atoms with Crippen LogP contribution in [0.2, 0.25) is 0 Å². The predicted octanol–water partition coefficient (Wildman–Crippen LogP) is 4.78. The first-order valence-corrected chi connectivity index (χ1v) is 6.51. The van der Waals surface area contributed by atoms with E-state index < -0.39 is 5.38 Å². The van der Waals surface area contributed by atoms with Crippen molar-refractivity contribution in [1.29, 1.82) is 0 Å². The van der Waals surface area contributed by atoms with Gasteiger partial charge in [-0.2, -0.15) is 0 Å². The topological polar surface area (TPSA) is 9.23 Å². The van der Waals surface area contributed by atoms with E-state index in [2.05, 4.69) is 0 Å². The summed E-state index contributed by atoms with van der Waals surface area (Å²) in [7, 11) is 1.51. The Morgan fingerprint density at radius 1 is 1.05 bits per heavy atom. The normalized spacial score (nSPS) is 12.3. The molecule has 19 heavy (non-hydrogen) atoms. The van der Waals surface area contributed by atoms with E-state index in [4.69, 9.17) is 16.3 Å². The predicted molar refractivity (Wildman–Crippen MR) is 76.6 cm³/mol. The van der Waals surface area contributed by atoms with Crippen LogP contribution >= 0.6 is 11.6 Å². The highest BCUT2D eigenvalue weighted by molar-refractivity contribution is 6.22. The smallest absolute Gasteiger partial charge is 0.131 e. The number of methoxy groups -OCH3 is 1. The molecule has 0 aromatic heterocycles. The van der Waals surface area contributed by atoms with E-state index in [-0.39, 0.29) is 5.82 Å². The van der Waals surface area contributed by atoms with Crippen LogP contribution < -0.4 is 4.74 Å². The van der Waals surface area contributed by atoms with Gasteiger partial charge in [0.25, 0.3) is 0 Å². The van der Waals surface area contributed by atoms with Gasteiger partial charge in [0.15, 0.2) is 0 Å². The maximum absolute atomic E-state index is 14.0. The van der Waals surface area contributed by atoms with Crippen molar-refractivity contribution in [2.45, 2.75) is 19.2 Å². The minimum Gasteiger partial charge on any atom is -0.497 e. The van der Waals surface area contributed by atoms with Crippen molar-refractivity contribution in [3.63, 3.8) is 0 Å². The molecule has 0 heterocycles. The lowest BCUT2D eigenvalue weighted by Crippen LogP contribution is -2.00. The van der Waals surface area contributed by atoms with Gasteiger partial charge < -0.3 is 4.74 Å². The molecule has 0 fully saturated rings. The standard InChI is InChI=1S/C16H16ClFO/c1-10-4-5-11(2)14(8-10)16(17)13-7-6-12(19-3)9-15(13)18/h4-9,16H,1-3H3. The maximum atomic E-state index is 14.0. The molecule has 2 rings (SSSR count). The van der Waals surface area contributed by atoms with Crippen LogP contribution in [0.1, 0.15) is 27.6 Å². The first-order chi connectivity index (χ1) is 9.02. The summed E-state index contributed by atoms with van der Waals surface area (Å²) in [6.07, 6.45) is 0. The van der Waals surface area contributed by atoms with Gasteiger partial charge in [-0.25, -0.2) is 4.39 Å². The van der Waals surface area contributed by atoms with Gasteiger partial charge in [0.1, 0.15) is 11.6 Å². The van der Waals surface area contributed by atoms with Crippen molar-refractivity contribution < 1.29 is 9.13 Å². The molecule has 0 saturated carbocycles. The minimum absolute atomic E-state index is 0.347. The van der Waals surface area contributed by atoms with Crippen LogP contribution in [-0.2, 0) is 0 Å². The molecule has 0 amide bonds. The zero-order chi connectivity index (χ0) is 14.0. The third-order valence-corrected chi connectivity index (χ3v) is 3.66. The monoisotopic (exact) mass is 278 g/mol. The Morgan fingerprint density at radius 3 is 2.42 bits per heavy atom. The fourth-order valence-electron chi connectivity index (χ4n) is 2.04. The summed E-state index contributed by atoms with van der Waals surface area (Å²) in [5, 5.41) is -0.495. The maximum Gasteiger partial charge on any atom is 0.131 e. The van der Waals surface area contributed by atoms with E-state index in [1.165, 1.54) is 13.2 Å². The van der Waals surface area contributed by atoms with Crippen molar-refractivity contribution in [3.05, 3.63) is 64.5 Å². The van der Waals surface area contributed by atoms with Gasteiger partial charge in [-0.3, -0.25) is 0 Å². The zero-order valence-electron chi connectivity index (χ0n) is 11.2. The Bertz CT molecular complexity index is 595. The van der Waals surface area contributed by atoms with Crippen LogP contribution in [-0.4, -0.2) is 7.11 Å². The van der Waals surface area contributed by atoms with Gasteiger partial charge in [0.2, 0.25) is 0 Å². The lowest BCUT2D eigenvalue weighted by atomic mass is 9.98. The molecule has 0 aliphatic rings. The summed E-state index contributed by atoms with van der Waals surface area (Å²) < 4.78 is 19.0. The van der Waals surface area contributed by atoms with E-state index in [1.54, 1.807) is 12.1 Å². The summed E-state index contributed by atoms with van der Waals surface area (Å²) in [4.78, 5) is 0. The van der Waals surface area contributed by atoms with Gasteiger partial charge in [0.05, 0.1) is 12.5 Å². The highest BCUT2D eigenvalue weighted by Gasteiger charge is 2.17. The third kappa shape index (κ3) is 2.90. The largest absolute Gasteiger partial charge is 0.497 e. The van der Waals surface area contributed by atoms with E-state index in [0.717, 1.165) is 16.7 Å². The van der Waals surface area contributed by atoms with Crippen molar-refractivity contribution in [2.75, 3.05) is 7.11 Å². The molecule has 0 bridgehead atoms. The number of ether oxygens (including phenoxy) is 1. The van der Waals surface area contributed by atoms with Gasteiger partial charge in [-0.05, 0) is 31.0 Å². The lowest BCUT2D eigenvalue weighted by Gasteiger charge is -2.15. The fourth-order valence-corrected chi connectivity index (χ4v) is 2.45. The van der Waals surface area contributed by atoms with Crippen LogP contribution in [0, 0.1) is 19.7 Å². The SMILES string of the molecule is COc1ccc(C(Cl)c2cc(C)ccc2C)c(F)c1. The van der Waals surface area contributed by atoms with Crippen molar-refractivity contribution in [1.82, 2.24) is 0 Å². The summed E-state index contributed by atoms with van der Waals surface area (Å²) in [6, 6.07) is 10.8. The number of hydrogen-bond acceptors (Lipinski definition) is 1. The molecule has 0 N–H and O–H groups in total. The molecule has 0 spiro atoms. The van der Waals surface area contributed by atoms with Crippen molar-refractivity contribution in [2.24, 2.45) is 0 Å². The molecule has 1 unspecified atom stereocenters. The zero-order valence-corrected chi connectivity index (χ0v) is 12.0. The Balaban J connectivity index is 2.43. The number of rotatable bonds is 3. The summed E-state index contributed by atoms with van der Waals surface area (Å²) in [5.41, 5.74) is 3.57. The van der Waals surface area contributed by atoms with Crippen LogP contribution in [0.25, 0.3) is 0 Å². The Labute approximate surface area is 118 Å². The minimum atomic E-state index is -0.495. The van der Waals surface area contributed by atoms with Gasteiger partial charge in [-0.15, -0.1) is 11.6 Å². The molecular formula is C16H16ClFO. The fraction of sp³-hybridized carbons (Fsp3) is 0.250. The summed E-state index contributed by atoms with van der Waals surface area (Å²) in [5.74, 6) is 0.145. The Morgan fingerprint density at radius 2 is 1.79 bits per heavy atom. The molecule has 2 aromatic carbocycles.